The number of hydrogen-bond acceptors (Lipinski definition) is 4. The van der Waals surface area contributed by atoms with Crippen molar-refractivity contribution in [3.05, 3.63) is 54.1 Å². The molecule has 0 aliphatic rings. The fraction of sp³-hybridized carbons (Fsp3) is 0.200. The van der Waals surface area contributed by atoms with Crippen molar-refractivity contribution in [3.8, 4) is 5.75 Å². The van der Waals surface area contributed by atoms with Gasteiger partial charge >= 0.3 is 0 Å². The van der Waals surface area contributed by atoms with Gasteiger partial charge in [-0.15, -0.1) is 0 Å². The van der Waals surface area contributed by atoms with Gasteiger partial charge in [-0.3, -0.25) is 0 Å². The lowest BCUT2D eigenvalue weighted by atomic mass is 10.1. The largest absolute Gasteiger partial charge is 0.497 e. The van der Waals surface area contributed by atoms with Crippen LogP contribution in [0.3, 0.4) is 0 Å². The summed E-state index contributed by atoms with van der Waals surface area (Å²) in [6.07, 6.45) is 0.582. The second kappa shape index (κ2) is 6.60. The van der Waals surface area contributed by atoms with Crippen molar-refractivity contribution in [2.24, 2.45) is 0 Å². The summed E-state index contributed by atoms with van der Waals surface area (Å²) in [6.45, 7) is 0.310. The van der Waals surface area contributed by atoms with E-state index >= 15 is 0 Å². The summed E-state index contributed by atoms with van der Waals surface area (Å²) in [5, 5.41) is 0. The molecule has 6 heteroatoms. The molecule has 2 aromatic rings. The van der Waals surface area contributed by atoms with Gasteiger partial charge in [0.25, 0.3) is 0 Å². The lowest BCUT2D eigenvalue weighted by molar-refractivity contribution is 0.414. The monoisotopic (exact) mass is 306 g/mol. The Bertz CT molecular complexity index is 714. The third-order valence-electron chi connectivity index (χ3n) is 3.01. The highest BCUT2D eigenvalue weighted by molar-refractivity contribution is 7.89. The van der Waals surface area contributed by atoms with Crippen molar-refractivity contribution in [1.29, 1.82) is 0 Å². The number of benzene rings is 2. The Morgan fingerprint density at radius 3 is 2.62 bits per heavy atom. The van der Waals surface area contributed by atoms with Crippen molar-refractivity contribution < 1.29 is 13.2 Å². The minimum Gasteiger partial charge on any atom is -0.497 e. The molecule has 0 saturated heterocycles. The van der Waals surface area contributed by atoms with Crippen LogP contribution in [0.25, 0.3) is 0 Å². The molecule has 5 nitrogen and oxygen atoms in total. The number of nitrogen functional groups attached to an aromatic ring is 1. The molecule has 0 atom stereocenters. The van der Waals surface area contributed by atoms with E-state index in [4.69, 9.17) is 10.5 Å². The van der Waals surface area contributed by atoms with E-state index in [0.29, 0.717) is 18.7 Å². The summed E-state index contributed by atoms with van der Waals surface area (Å²) < 4.78 is 31.9. The zero-order chi connectivity index (χ0) is 15.3. The van der Waals surface area contributed by atoms with Gasteiger partial charge in [0.15, 0.2) is 0 Å². The van der Waals surface area contributed by atoms with Crippen LogP contribution in [0.2, 0.25) is 0 Å². The average molecular weight is 306 g/mol. The first-order chi connectivity index (χ1) is 10.0. The third-order valence-corrected chi connectivity index (χ3v) is 4.47. The van der Waals surface area contributed by atoms with E-state index in [0.717, 1.165) is 11.3 Å². The van der Waals surface area contributed by atoms with Crippen LogP contribution in [0.15, 0.2) is 53.4 Å². The summed E-state index contributed by atoms with van der Waals surface area (Å²) in [6, 6.07) is 13.8. The van der Waals surface area contributed by atoms with Gasteiger partial charge in [0, 0.05) is 12.2 Å². The molecule has 112 valence electrons. The highest BCUT2D eigenvalue weighted by Crippen LogP contribution is 2.14. The van der Waals surface area contributed by atoms with Gasteiger partial charge in [-0.1, -0.05) is 18.2 Å². The number of nitrogens with one attached hydrogen (secondary N) is 1. The molecule has 21 heavy (non-hydrogen) atoms. The van der Waals surface area contributed by atoms with E-state index in [9.17, 15) is 8.42 Å². The van der Waals surface area contributed by atoms with Crippen LogP contribution < -0.4 is 15.2 Å². The zero-order valence-corrected chi connectivity index (χ0v) is 12.6. The Morgan fingerprint density at radius 1 is 1.14 bits per heavy atom. The van der Waals surface area contributed by atoms with Gasteiger partial charge in [-0.25, -0.2) is 13.1 Å². The maximum Gasteiger partial charge on any atom is 0.240 e. The van der Waals surface area contributed by atoms with Crippen molar-refractivity contribution in [2.75, 3.05) is 19.4 Å². The molecule has 2 rings (SSSR count). The van der Waals surface area contributed by atoms with Gasteiger partial charge in [-0.2, -0.15) is 0 Å². The van der Waals surface area contributed by atoms with Crippen LogP contribution >= 0.6 is 0 Å². The molecule has 0 aliphatic carbocycles. The van der Waals surface area contributed by atoms with Crippen molar-refractivity contribution in [3.63, 3.8) is 0 Å². The number of sulfonamides is 1. The molecule has 0 radical (unpaired) electrons. The minimum absolute atomic E-state index is 0.174. The minimum atomic E-state index is -3.53. The Kier molecular flexibility index (Phi) is 4.82. The fourth-order valence-corrected chi connectivity index (χ4v) is 3.01. The molecule has 0 bridgehead atoms. The summed E-state index contributed by atoms with van der Waals surface area (Å²) in [5.41, 5.74) is 7.03. The summed E-state index contributed by atoms with van der Waals surface area (Å²) >= 11 is 0. The lowest BCUT2D eigenvalue weighted by Crippen LogP contribution is -2.26. The first-order valence-corrected chi connectivity index (χ1v) is 7.98. The second-order valence-electron chi connectivity index (χ2n) is 4.57. The Labute approximate surface area is 124 Å². The molecule has 0 heterocycles. The Hall–Kier alpha value is -2.05. The maximum atomic E-state index is 12.1. The van der Waals surface area contributed by atoms with Crippen LogP contribution in [-0.4, -0.2) is 22.1 Å². The van der Waals surface area contributed by atoms with Crippen molar-refractivity contribution >= 4 is 15.7 Å². The molecule has 2 aromatic carbocycles. The zero-order valence-electron chi connectivity index (χ0n) is 11.7. The predicted molar refractivity (Wildman–Crippen MR) is 82.7 cm³/mol. The molecule has 3 N–H and O–H groups in total. The molecule has 0 unspecified atom stereocenters. The van der Waals surface area contributed by atoms with Gasteiger partial charge in [0.2, 0.25) is 10.0 Å². The normalized spacial score (nSPS) is 11.3. The first kappa shape index (κ1) is 15.3. The number of anilines is 1. The van der Waals surface area contributed by atoms with E-state index < -0.39 is 10.0 Å². The number of rotatable bonds is 6. The van der Waals surface area contributed by atoms with Gasteiger partial charge < -0.3 is 10.5 Å². The van der Waals surface area contributed by atoms with E-state index in [-0.39, 0.29) is 4.90 Å². The third kappa shape index (κ3) is 4.21. The Morgan fingerprint density at radius 2 is 1.90 bits per heavy atom. The number of hydrogen-bond donors (Lipinski definition) is 2. The van der Waals surface area contributed by atoms with E-state index in [2.05, 4.69) is 4.72 Å². The maximum absolute atomic E-state index is 12.1. The molecule has 0 saturated carbocycles. The van der Waals surface area contributed by atoms with E-state index in [1.807, 2.05) is 24.3 Å². The Balaban J connectivity index is 1.99. The smallest absolute Gasteiger partial charge is 0.240 e. The molecular weight excluding hydrogens is 288 g/mol. The molecule has 0 amide bonds. The quantitative estimate of drug-likeness (QED) is 0.797. The molecule has 0 aromatic heterocycles. The summed E-state index contributed by atoms with van der Waals surface area (Å²) in [5.74, 6) is 0.756. The topological polar surface area (TPSA) is 81.4 Å². The molecule has 0 spiro atoms. The first-order valence-electron chi connectivity index (χ1n) is 6.49. The highest BCUT2D eigenvalue weighted by Gasteiger charge is 2.13. The van der Waals surface area contributed by atoms with Crippen LogP contribution in [0, 0.1) is 0 Å². The van der Waals surface area contributed by atoms with Crippen molar-refractivity contribution in [1.82, 2.24) is 4.72 Å². The fourth-order valence-electron chi connectivity index (χ4n) is 1.92. The van der Waals surface area contributed by atoms with Crippen LogP contribution in [-0.2, 0) is 16.4 Å². The van der Waals surface area contributed by atoms with Crippen LogP contribution in [0.4, 0.5) is 5.69 Å². The highest BCUT2D eigenvalue weighted by atomic mass is 32.2. The number of ether oxygens (including phenoxy) is 1. The predicted octanol–water partition coefficient (Wildman–Crippen LogP) is 1.80. The van der Waals surface area contributed by atoms with Gasteiger partial charge in [0.1, 0.15) is 5.75 Å². The van der Waals surface area contributed by atoms with Gasteiger partial charge in [-0.05, 0) is 42.3 Å². The molecule has 0 aliphatic heterocycles. The lowest BCUT2D eigenvalue weighted by Gasteiger charge is -2.08. The molecule has 0 fully saturated rings. The number of nitrogens with two attached hydrogens (primary N) is 1. The second-order valence-corrected chi connectivity index (χ2v) is 6.34. The molecular formula is C15H18N2O3S. The SMILES string of the molecule is COc1cccc(CCNS(=O)(=O)c2cccc(N)c2)c1. The van der Waals surface area contributed by atoms with Crippen LogP contribution in [0.1, 0.15) is 5.56 Å². The standard InChI is InChI=1S/C15H18N2O3S/c1-20-14-6-2-4-12(10-14)8-9-17-21(18,19)15-7-3-5-13(16)11-15/h2-7,10-11,17H,8-9,16H2,1H3. The summed E-state index contributed by atoms with van der Waals surface area (Å²) in [7, 11) is -1.93. The van der Waals surface area contributed by atoms with Crippen LogP contribution in [0.5, 0.6) is 5.75 Å². The van der Waals surface area contributed by atoms with E-state index in [1.165, 1.54) is 12.1 Å². The van der Waals surface area contributed by atoms with E-state index in [1.54, 1.807) is 19.2 Å². The average Bonchev–Trinajstić information content (AvgIpc) is 2.47. The van der Waals surface area contributed by atoms with Crippen molar-refractivity contribution in [2.45, 2.75) is 11.3 Å². The number of methoxy groups -OCH3 is 1. The van der Waals surface area contributed by atoms with Gasteiger partial charge in [0.05, 0.1) is 12.0 Å². The summed E-state index contributed by atoms with van der Waals surface area (Å²) in [4.78, 5) is 0.174.